The Morgan fingerprint density at radius 3 is 2.80 bits per heavy atom. The summed E-state index contributed by atoms with van der Waals surface area (Å²) >= 11 is 0. The van der Waals surface area contributed by atoms with Gasteiger partial charge in [0.25, 0.3) is 5.56 Å². The normalized spacial score (nSPS) is 11.9. The lowest BCUT2D eigenvalue weighted by molar-refractivity contribution is -0.551. The molecular formula is C11H18N3O+. The number of aromatic amines is 1. The minimum Gasteiger partial charge on any atom is -0.289 e. The zero-order chi connectivity index (χ0) is 11.3. The molecule has 82 valence electrons. The van der Waals surface area contributed by atoms with Gasteiger partial charge in [-0.15, -0.1) is 0 Å². The molecule has 1 aromatic rings. The van der Waals surface area contributed by atoms with Crippen molar-refractivity contribution in [3.8, 4) is 0 Å². The molecular weight excluding hydrogens is 190 g/mol. The molecule has 0 atom stereocenters. The highest BCUT2D eigenvalue weighted by Gasteiger charge is 2.02. The lowest BCUT2D eigenvalue weighted by Gasteiger charge is -2.07. The fraction of sp³-hybridized carbons (Fsp3) is 0.455. The molecule has 1 heterocycles. The van der Waals surface area contributed by atoms with E-state index in [9.17, 15) is 4.79 Å². The van der Waals surface area contributed by atoms with Gasteiger partial charge < -0.3 is 0 Å². The van der Waals surface area contributed by atoms with Crippen molar-refractivity contribution in [2.75, 3.05) is 11.9 Å². The molecule has 0 saturated heterocycles. The summed E-state index contributed by atoms with van der Waals surface area (Å²) in [6.45, 7) is 7.26. The van der Waals surface area contributed by atoms with Crippen LogP contribution in [-0.4, -0.2) is 28.5 Å². The first-order valence-corrected chi connectivity index (χ1v) is 5.18. The quantitative estimate of drug-likeness (QED) is 0.444. The van der Waals surface area contributed by atoms with E-state index in [1.54, 1.807) is 6.07 Å². The number of rotatable bonds is 4. The van der Waals surface area contributed by atoms with Gasteiger partial charge >= 0.3 is 0 Å². The molecule has 4 nitrogen and oxygen atoms in total. The van der Waals surface area contributed by atoms with Gasteiger partial charge in [0.15, 0.2) is 5.82 Å². The summed E-state index contributed by atoms with van der Waals surface area (Å²) in [7, 11) is 0. The van der Waals surface area contributed by atoms with E-state index in [-0.39, 0.29) is 5.56 Å². The maximum atomic E-state index is 11.0. The molecule has 0 aliphatic carbocycles. The monoisotopic (exact) mass is 208 g/mol. The number of nitrogens with zero attached hydrogens (tertiary/aromatic N) is 1. The maximum Gasteiger partial charge on any atom is 0.251 e. The largest absolute Gasteiger partial charge is 0.289 e. The van der Waals surface area contributed by atoms with Crippen LogP contribution in [0.5, 0.6) is 0 Å². The van der Waals surface area contributed by atoms with Crippen LogP contribution in [0.2, 0.25) is 0 Å². The van der Waals surface area contributed by atoms with Crippen molar-refractivity contribution >= 4 is 12.2 Å². The second kappa shape index (κ2) is 5.34. The Hall–Kier alpha value is -1.58. The highest BCUT2D eigenvalue weighted by Crippen LogP contribution is 1.95. The van der Waals surface area contributed by atoms with Crippen molar-refractivity contribution in [2.45, 2.75) is 26.8 Å². The summed E-state index contributed by atoms with van der Waals surface area (Å²) in [6, 6.07) is 5.48. The summed E-state index contributed by atoms with van der Waals surface area (Å²) in [5.74, 6) is 0.710. The molecule has 2 N–H and O–H groups in total. The molecule has 0 aromatic carbocycles. The molecule has 0 saturated carbocycles. The van der Waals surface area contributed by atoms with Crippen molar-refractivity contribution < 1.29 is 4.58 Å². The summed E-state index contributed by atoms with van der Waals surface area (Å²) < 4.78 is 2.14. The van der Waals surface area contributed by atoms with Crippen LogP contribution in [0.3, 0.4) is 0 Å². The number of pyridine rings is 1. The molecule has 0 fully saturated rings. The SMILES string of the molecule is CC[N+](=CNc1cccc(=O)[nH]1)C(C)C. The summed E-state index contributed by atoms with van der Waals surface area (Å²) in [5, 5.41) is 3.06. The highest BCUT2D eigenvalue weighted by atomic mass is 16.1. The number of hydrogen-bond acceptors (Lipinski definition) is 1. The molecule has 0 radical (unpaired) electrons. The van der Waals surface area contributed by atoms with Crippen molar-refractivity contribution in [1.82, 2.24) is 4.98 Å². The van der Waals surface area contributed by atoms with Gasteiger partial charge in [-0.3, -0.25) is 14.4 Å². The van der Waals surface area contributed by atoms with Gasteiger partial charge in [0.05, 0.1) is 12.6 Å². The summed E-state index contributed by atoms with van der Waals surface area (Å²) in [5.41, 5.74) is -0.0963. The number of aromatic nitrogens is 1. The summed E-state index contributed by atoms with van der Waals surface area (Å²) in [6.07, 6.45) is 1.88. The molecule has 0 spiro atoms. The Morgan fingerprint density at radius 2 is 2.27 bits per heavy atom. The molecule has 0 bridgehead atoms. The molecule has 1 aromatic heterocycles. The lowest BCUT2D eigenvalue weighted by Crippen LogP contribution is -2.24. The predicted molar refractivity (Wildman–Crippen MR) is 62.7 cm³/mol. The van der Waals surface area contributed by atoms with E-state index in [1.165, 1.54) is 6.07 Å². The average molecular weight is 208 g/mol. The van der Waals surface area contributed by atoms with Gasteiger partial charge in [-0.05, 0) is 20.8 Å². The van der Waals surface area contributed by atoms with Crippen molar-refractivity contribution in [2.24, 2.45) is 0 Å². The first-order chi connectivity index (χ1) is 7.13. The van der Waals surface area contributed by atoms with Crippen molar-refractivity contribution in [1.29, 1.82) is 0 Å². The number of anilines is 1. The number of H-pyrrole nitrogens is 1. The van der Waals surface area contributed by atoms with Crippen LogP contribution in [0.4, 0.5) is 5.82 Å². The zero-order valence-corrected chi connectivity index (χ0v) is 9.45. The van der Waals surface area contributed by atoms with Gasteiger partial charge in [-0.2, -0.15) is 0 Å². The Bertz CT molecular complexity index is 393. The zero-order valence-electron chi connectivity index (χ0n) is 9.45. The van der Waals surface area contributed by atoms with Crippen LogP contribution in [-0.2, 0) is 0 Å². The van der Waals surface area contributed by atoms with Gasteiger partial charge in [-0.25, -0.2) is 5.32 Å². The van der Waals surface area contributed by atoms with Crippen LogP contribution in [0.1, 0.15) is 20.8 Å². The Kier molecular flexibility index (Phi) is 4.09. The second-order valence-corrected chi connectivity index (χ2v) is 3.63. The van der Waals surface area contributed by atoms with Gasteiger partial charge in [0.2, 0.25) is 6.34 Å². The lowest BCUT2D eigenvalue weighted by atomic mass is 10.4. The first kappa shape index (κ1) is 11.5. The van der Waals surface area contributed by atoms with E-state index in [1.807, 2.05) is 12.4 Å². The Labute approximate surface area is 89.7 Å². The average Bonchev–Trinajstić information content (AvgIpc) is 2.18. The smallest absolute Gasteiger partial charge is 0.251 e. The van der Waals surface area contributed by atoms with Crippen LogP contribution < -0.4 is 10.9 Å². The molecule has 15 heavy (non-hydrogen) atoms. The van der Waals surface area contributed by atoms with E-state index in [4.69, 9.17) is 0 Å². The minimum absolute atomic E-state index is 0.0963. The third-order valence-corrected chi connectivity index (χ3v) is 2.18. The third kappa shape index (κ3) is 3.58. The first-order valence-electron chi connectivity index (χ1n) is 5.18. The fourth-order valence-electron chi connectivity index (χ4n) is 1.29. The van der Waals surface area contributed by atoms with E-state index in [2.05, 4.69) is 35.6 Å². The van der Waals surface area contributed by atoms with Crippen molar-refractivity contribution in [3.05, 3.63) is 28.6 Å². The van der Waals surface area contributed by atoms with Crippen LogP contribution >= 0.6 is 0 Å². The summed E-state index contributed by atoms with van der Waals surface area (Å²) in [4.78, 5) is 13.7. The molecule has 4 heteroatoms. The Balaban J connectivity index is 2.74. The van der Waals surface area contributed by atoms with Crippen LogP contribution in [0.15, 0.2) is 23.0 Å². The predicted octanol–water partition coefficient (Wildman–Crippen LogP) is 1.26. The minimum atomic E-state index is -0.0963. The molecule has 1 rings (SSSR count). The van der Waals surface area contributed by atoms with Gasteiger partial charge in [0.1, 0.15) is 0 Å². The second-order valence-electron chi connectivity index (χ2n) is 3.63. The van der Waals surface area contributed by atoms with Crippen LogP contribution in [0, 0.1) is 0 Å². The molecule has 0 amide bonds. The molecule has 0 aliphatic heterocycles. The van der Waals surface area contributed by atoms with Crippen LogP contribution in [0.25, 0.3) is 0 Å². The Morgan fingerprint density at radius 1 is 1.53 bits per heavy atom. The molecule has 0 unspecified atom stereocenters. The topological polar surface area (TPSA) is 47.9 Å². The maximum absolute atomic E-state index is 11.0. The van der Waals surface area contributed by atoms with Gasteiger partial charge in [0, 0.05) is 12.1 Å². The van der Waals surface area contributed by atoms with E-state index < -0.39 is 0 Å². The number of hydrogen-bond donors (Lipinski definition) is 2. The van der Waals surface area contributed by atoms with Crippen molar-refractivity contribution in [3.63, 3.8) is 0 Å². The van der Waals surface area contributed by atoms with Gasteiger partial charge in [-0.1, -0.05) is 6.07 Å². The van der Waals surface area contributed by atoms with E-state index in [0.29, 0.717) is 11.9 Å². The third-order valence-electron chi connectivity index (χ3n) is 2.18. The molecule has 0 aliphatic rings. The standard InChI is InChI=1S/C11H17N3O/c1-4-14(9(2)3)8-12-10-6-5-7-11(15)13-10/h5-9H,4H2,1-3H3,(H,13,15)/p+1. The van der Waals surface area contributed by atoms with E-state index >= 15 is 0 Å². The highest BCUT2D eigenvalue weighted by molar-refractivity contribution is 5.69. The number of nitrogens with one attached hydrogen (secondary N) is 2. The fourth-order valence-corrected chi connectivity index (χ4v) is 1.29. The van der Waals surface area contributed by atoms with E-state index in [0.717, 1.165) is 6.54 Å².